The highest BCUT2D eigenvalue weighted by atomic mass is 28.3. The molecule has 202 valence electrons. The van der Waals surface area contributed by atoms with Gasteiger partial charge < -0.3 is 10.1 Å². The summed E-state index contributed by atoms with van der Waals surface area (Å²) in [6.07, 6.45) is 1.69. The average molecular weight is 542 g/mol. The summed E-state index contributed by atoms with van der Waals surface area (Å²) in [7, 11) is 0.127. The number of carbonyl (C=O) groups excluding carboxylic acids is 2. The molecule has 1 heterocycles. The lowest BCUT2D eigenvalue weighted by Crippen LogP contribution is -2.37. The van der Waals surface area contributed by atoms with E-state index in [0.717, 1.165) is 11.1 Å². The minimum atomic E-state index is -1.45. The van der Waals surface area contributed by atoms with Gasteiger partial charge in [0.05, 0.1) is 28.1 Å². The van der Waals surface area contributed by atoms with Crippen LogP contribution in [-0.2, 0) is 29.0 Å². The van der Waals surface area contributed by atoms with Gasteiger partial charge in [-0.3, -0.25) is 24.2 Å². The molecular weight excluding hydrogens is 506 g/mol. The zero-order chi connectivity index (χ0) is 28.0. The molecule has 0 saturated heterocycles. The number of Topliss-reactive ketones (excluding diaryl/α,β-unsaturated/α-hetero) is 1. The van der Waals surface area contributed by atoms with Gasteiger partial charge in [-0.05, 0) is 28.8 Å². The third kappa shape index (κ3) is 7.45. The lowest BCUT2D eigenvalue weighted by Gasteiger charge is -2.19. The highest BCUT2D eigenvalue weighted by molar-refractivity contribution is 6.88. The van der Waals surface area contributed by atoms with E-state index in [-0.39, 0.29) is 24.2 Å². The molecule has 1 amide bonds. The number of ether oxygens (including phenoxy) is 1. The smallest absolute Gasteiger partial charge is 0.267 e. The third-order valence-corrected chi connectivity index (χ3v) is 8.74. The molecule has 0 aliphatic rings. The first-order chi connectivity index (χ1) is 18.6. The van der Waals surface area contributed by atoms with Crippen LogP contribution in [0.4, 0.5) is 0 Å². The van der Waals surface area contributed by atoms with Crippen LogP contribution in [0.3, 0.4) is 0 Å². The van der Waals surface area contributed by atoms with Gasteiger partial charge in [0, 0.05) is 18.2 Å². The largest absolute Gasteiger partial charge is 0.497 e. The molecule has 8 heteroatoms. The van der Waals surface area contributed by atoms with E-state index in [1.165, 1.54) is 5.19 Å². The molecule has 1 atom stereocenters. The van der Waals surface area contributed by atoms with Crippen LogP contribution in [-0.4, -0.2) is 36.7 Å². The van der Waals surface area contributed by atoms with Crippen LogP contribution in [0.5, 0.6) is 5.75 Å². The highest BCUT2D eigenvalue weighted by Gasteiger charge is 2.24. The summed E-state index contributed by atoms with van der Waals surface area (Å²) in [5, 5.41) is 6.97. The molecule has 1 unspecified atom stereocenters. The average Bonchev–Trinajstić information content (AvgIpc) is 3.25. The number of nitrogens with zero attached hydrogens (tertiary/aromatic N) is 1. The summed E-state index contributed by atoms with van der Waals surface area (Å²) in [5.41, 5.74) is 2.60. The van der Waals surface area contributed by atoms with Crippen LogP contribution >= 0.6 is 0 Å². The fourth-order valence-electron chi connectivity index (χ4n) is 4.43. The van der Waals surface area contributed by atoms with Gasteiger partial charge in [-0.25, -0.2) is 0 Å². The van der Waals surface area contributed by atoms with Crippen LogP contribution in [0, 0.1) is 0 Å². The van der Waals surface area contributed by atoms with Gasteiger partial charge >= 0.3 is 0 Å². The number of nitrogens with one attached hydrogen (secondary N) is 2. The second kappa shape index (κ2) is 12.1. The fraction of sp³-hybridized carbons (Fsp3) is 0.258. The molecule has 7 nitrogen and oxygen atoms in total. The molecule has 0 bridgehead atoms. The molecule has 0 radical (unpaired) electrons. The molecule has 0 aliphatic carbocycles. The molecule has 0 fully saturated rings. The van der Waals surface area contributed by atoms with Gasteiger partial charge in [-0.15, -0.1) is 0 Å². The third-order valence-electron chi connectivity index (χ3n) is 6.67. The van der Waals surface area contributed by atoms with Gasteiger partial charge in [-0.2, -0.15) is 0 Å². The number of hydrogen-bond donors (Lipinski definition) is 2. The van der Waals surface area contributed by atoms with E-state index in [0.29, 0.717) is 23.4 Å². The minimum absolute atomic E-state index is 0.134. The number of amides is 1. The zero-order valence-corrected chi connectivity index (χ0v) is 23.9. The number of aromatic amines is 1. The Hall–Kier alpha value is -4.17. The summed E-state index contributed by atoms with van der Waals surface area (Å²) >= 11 is 0. The van der Waals surface area contributed by atoms with E-state index < -0.39 is 20.0 Å². The Labute approximate surface area is 229 Å². The van der Waals surface area contributed by atoms with Crippen molar-refractivity contribution in [2.75, 3.05) is 7.11 Å². The maximum Gasteiger partial charge on any atom is 0.267 e. The molecule has 0 spiro atoms. The van der Waals surface area contributed by atoms with Crippen LogP contribution in [0.25, 0.3) is 0 Å². The van der Waals surface area contributed by atoms with E-state index in [2.05, 4.69) is 42.2 Å². The van der Waals surface area contributed by atoms with Crippen molar-refractivity contribution < 1.29 is 14.3 Å². The predicted molar refractivity (Wildman–Crippen MR) is 156 cm³/mol. The minimum Gasteiger partial charge on any atom is -0.497 e. The number of carbonyl (C=O) groups is 2. The predicted octanol–water partition coefficient (Wildman–Crippen LogP) is 3.99. The first kappa shape index (κ1) is 27.9. The fourth-order valence-corrected chi connectivity index (χ4v) is 5.60. The second-order valence-corrected chi connectivity index (χ2v) is 15.8. The van der Waals surface area contributed by atoms with E-state index in [4.69, 9.17) is 4.74 Å². The van der Waals surface area contributed by atoms with Gasteiger partial charge in [0.15, 0.2) is 5.78 Å². The summed E-state index contributed by atoms with van der Waals surface area (Å²) in [6, 6.07) is 24.1. The van der Waals surface area contributed by atoms with Crippen molar-refractivity contribution in [3.63, 3.8) is 0 Å². The SMILES string of the molecule is COc1ccc(C(NC(=O)Cc2cn(Cc3ccccc3)[nH]c2=O)C(=O)Cc2ccc([Si](C)(C)C)cc2)cc1. The monoisotopic (exact) mass is 541 g/mol. The summed E-state index contributed by atoms with van der Waals surface area (Å²) in [6.45, 7) is 7.33. The van der Waals surface area contributed by atoms with Crippen LogP contribution in [0.2, 0.25) is 19.6 Å². The number of rotatable bonds is 11. The van der Waals surface area contributed by atoms with Crippen molar-refractivity contribution in [2.45, 2.75) is 45.1 Å². The number of ketones is 1. The Morgan fingerprint density at radius 2 is 1.56 bits per heavy atom. The summed E-state index contributed by atoms with van der Waals surface area (Å²) < 4.78 is 6.92. The van der Waals surface area contributed by atoms with Crippen molar-refractivity contribution in [1.29, 1.82) is 0 Å². The van der Waals surface area contributed by atoms with Gasteiger partial charge in [0.1, 0.15) is 11.8 Å². The molecular formula is C31H35N3O4Si. The maximum atomic E-state index is 13.5. The summed E-state index contributed by atoms with van der Waals surface area (Å²) in [5.74, 6) is 0.121. The number of hydrogen-bond acceptors (Lipinski definition) is 4. The van der Waals surface area contributed by atoms with E-state index in [9.17, 15) is 14.4 Å². The lowest BCUT2D eigenvalue weighted by atomic mass is 9.97. The summed E-state index contributed by atoms with van der Waals surface area (Å²) in [4.78, 5) is 39.1. The maximum absolute atomic E-state index is 13.5. The van der Waals surface area contributed by atoms with Gasteiger partial charge in [-0.1, -0.05) is 91.6 Å². The molecule has 2 N–H and O–H groups in total. The van der Waals surface area contributed by atoms with Gasteiger partial charge in [0.25, 0.3) is 5.56 Å². The van der Waals surface area contributed by atoms with Crippen molar-refractivity contribution >= 4 is 25.0 Å². The molecule has 3 aromatic carbocycles. The molecule has 1 aromatic heterocycles. The molecule has 4 rings (SSSR count). The quantitative estimate of drug-likeness (QED) is 0.281. The number of benzene rings is 3. The van der Waals surface area contributed by atoms with Crippen LogP contribution < -0.4 is 20.8 Å². The van der Waals surface area contributed by atoms with Crippen LogP contribution in [0.1, 0.15) is 28.3 Å². The highest BCUT2D eigenvalue weighted by Crippen LogP contribution is 2.21. The number of methoxy groups -OCH3 is 1. The van der Waals surface area contributed by atoms with Crippen molar-refractivity contribution in [1.82, 2.24) is 15.1 Å². The Morgan fingerprint density at radius 1 is 0.897 bits per heavy atom. The van der Waals surface area contributed by atoms with E-state index in [1.54, 1.807) is 42.3 Å². The molecule has 39 heavy (non-hydrogen) atoms. The standard InChI is InChI=1S/C31H35N3O4Si/c1-38-26-14-12-24(13-15-26)30(28(35)18-22-10-16-27(17-11-22)39(2,3)4)32-29(36)19-25-21-34(33-31(25)37)20-23-8-6-5-7-9-23/h5-17,21,30H,18-20H2,1-4H3,(H,32,36)(H,33,37). The van der Waals surface area contributed by atoms with Crippen LogP contribution in [0.15, 0.2) is 89.9 Å². The first-order valence-corrected chi connectivity index (χ1v) is 16.5. The van der Waals surface area contributed by atoms with Gasteiger partial charge in [0.2, 0.25) is 5.91 Å². The lowest BCUT2D eigenvalue weighted by molar-refractivity contribution is -0.127. The zero-order valence-electron chi connectivity index (χ0n) is 22.9. The number of aromatic nitrogens is 2. The molecule has 0 aliphatic heterocycles. The first-order valence-electron chi connectivity index (χ1n) is 13.0. The topological polar surface area (TPSA) is 93.2 Å². The molecule has 4 aromatic rings. The van der Waals surface area contributed by atoms with Crippen molar-refractivity contribution in [2.24, 2.45) is 0 Å². The Morgan fingerprint density at radius 3 is 2.18 bits per heavy atom. The Kier molecular flexibility index (Phi) is 8.66. The van der Waals surface area contributed by atoms with Crippen molar-refractivity contribution in [3.8, 4) is 5.75 Å². The normalized spacial score (nSPS) is 12.1. The second-order valence-electron chi connectivity index (χ2n) is 10.7. The Bertz CT molecular complexity index is 1470. The van der Waals surface area contributed by atoms with E-state index in [1.807, 2.05) is 42.5 Å². The number of H-pyrrole nitrogens is 1. The van der Waals surface area contributed by atoms with E-state index >= 15 is 0 Å². The molecule has 0 saturated carbocycles. The Balaban J connectivity index is 1.50. The van der Waals surface area contributed by atoms with Crippen molar-refractivity contribution in [3.05, 3.63) is 118 Å².